The van der Waals surface area contributed by atoms with Gasteiger partial charge in [0.2, 0.25) is 0 Å². The fourth-order valence-electron chi connectivity index (χ4n) is 2.27. The van der Waals surface area contributed by atoms with Crippen LogP contribution in [0.1, 0.15) is 21.6 Å². The van der Waals surface area contributed by atoms with E-state index >= 15 is 0 Å². The van der Waals surface area contributed by atoms with Crippen LogP contribution in [0.2, 0.25) is 0 Å². The molecule has 2 aromatic carbocycles. The van der Waals surface area contributed by atoms with Gasteiger partial charge in [0.05, 0.1) is 5.52 Å². The van der Waals surface area contributed by atoms with Gasteiger partial charge in [-0.25, -0.2) is 0 Å². The molecule has 0 radical (unpaired) electrons. The Kier molecular flexibility index (Phi) is 3.91. The van der Waals surface area contributed by atoms with Crippen molar-refractivity contribution < 1.29 is 4.79 Å². The standard InChI is InChI=1S/C17H11Br2NO/c1-10-13(17(21)11-5-3-2-4-6-11)9-14-15(19)7-12(18)8-16(14)20-10/h2-9H,1H3. The Balaban J connectivity index is 2.20. The molecule has 0 aliphatic carbocycles. The molecule has 0 aliphatic rings. The van der Waals surface area contributed by atoms with Gasteiger partial charge >= 0.3 is 0 Å². The number of carbonyl (C=O) groups is 1. The summed E-state index contributed by atoms with van der Waals surface area (Å²) in [6.07, 6.45) is 0. The third kappa shape index (κ3) is 2.78. The first-order valence-corrected chi connectivity index (χ1v) is 8.01. The maximum Gasteiger partial charge on any atom is 0.194 e. The highest BCUT2D eigenvalue weighted by Crippen LogP contribution is 2.29. The molecule has 0 unspecified atom stereocenters. The molecule has 1 aromatic heterocycles. The second kappa shape index (κ2) is 5.70. The number of benzene rings is 2. The molecule has 0 saturated carbocycles. The zero-order valence-corrected chi connectivity index (χ0v) is 14.4. The summed E-state index contributed by atoms with van der Waals surface area (Å²) in [4.78, 5) is 17.2. The number of ketones is 1. The van der Waals surface area contributed by atoms with Crippen LogP contribution in [-0.4, -0.2) is 10.8 Å². The highest BCUT2D eigenvalue weighted by molar-refractivity contribution is 9.11. The van der Waals surface area contributed by atoms with Gasteiger partial charge in [-0.05, 0) is 25.1 Å². The van der Waals surface area contributed by atoms with Crippen molar-refractivity contribution in [3.63, 3.8) is 0 Å². The molecule has 0 amide bonds. The minimum atomic E-state index is -0.00248. The molecule has 0 fully saturated rings. The maximum absolute atomic E-state index is 12.6. The monoisotopic (exact) mass is 403 g/mol. The second-order valence-electron chi connectivity index (χ2n) is 4.77. The fraction of sp³-hybridized carbons (Fsp3) is 0.0588. The van der Waals surface area contributed by atoms with Crippen molar-refractivity contribution in [3.8, 4) is 0 Å². The maximum atomic E-state index is 12.6. The molecule has 0 N–H and O–H groups in total. The summed E-state index contributed by atoms with van der Waals surface area (Å²) in [5.74, 6) is -0.00248. The Bertz CT molecular complexity index is 844. The van der Waals surface area contributed by atoms with Crippen molar-refractivity contribution in [1.82, 2.24) is 4.98 Å². The molecule has 0 aliphatic heterocycles. The smallest absolute Gasteiger partial charge is 0.194 e. The van der Waals surface area contributed by atoms with Crippen molar-refractivity contribution in [2.75, 3.05) is 0 Å². The number of fused-ring (bicyclic) bond motifs is 1. The van der Waals surface area contributed by atoms with Crippen LogP contribution in [-0.2, 0) is 0 Å². The Hall–Kier alpha value is -1.52. The van der Waals surface area contributed by atoms with Crippen LogP contribution in [0.5, 0.6) is 0 Å². The van der Waals surface area contributed by atoms with Crippen molar-refractivity contribution in [3.05, 3.63) is 74.3 Å². The van der Waals surface area contributed by atoms with Gasteiger partial charge < -0.3 is 0 Å². The van der Waals surface area contributed by atoms with E-state index in [0.717, 1.165) is 25.5 Å². The summed E-state index contributed by atoms with van der Waals surface area (Å²) in [6, 6.07) is 15.1. The van der Waals surface area contributed by atoms with E-state index in [1.165, 1.54) is 0 Å². The molecular weight excluding hydrogens is 394 g/mol. The molecule has 4 heteroatoms. The van der Waals surface area contributed by atoms with Crippen molar-refractivity contribution in [2.24, 2.45) is 0 Å². The van der Waals surface area contributed by atoms with E-state index in [-0.39, 0.29) is 5.78 Å². The lowest BCUT2D eigenvalue weighted by atomic mass is 10.0. The second-order valence-corrected chi connectivity index (χ2v) is 6.54. The average Bonchev–Trinajstić information content (AvgIpc) is 2.46. The van der Waals surface area contributed by atoms with Crippen LogP contribution in [0.4, 0.5) is 0 Å². The highest BCUT2D eigenvalue weighted by Gasteiger charge is 2.15. The third-order valence-corrected chi connectivity index (χ3v) is 4.43. The van der Waals surface area contributed by atoms with E-state index in [4.69, 9.17) is 0 Å². The number of hydrogen-bond donors (Lipinski definition) is 0. The SMILES string of the molecule is Cc1nc2cc(Br)cc(Br)c2cc1C(=O)c1ccccc1. The van der Waals surface area contributed by atoms with Gasteiger partial charge in [0.1, 0.15) is 0 Å². The summed E-state index contributed by atoms with van der Waals surface area (Å²) in [6.45, 7) is 1.87. The first kappa shape index (κ1) is 14.4. The molecule has 0 atom stereocenters. The molecular formula is C17H11Br2NO. The van der Waals surface area contributed by atoms with E-state index < -0.39 is 0 Å². The van der Waals surface area contributed by atoms with E-state index in [1.54, 1.807) is 0 Å². The summed E-state index contributed by atoms with van der Waals surface area (Å²) in [7, 11) is 0. The molecule has 3 aromatic rings. The molecule has 3 rings (SSSR count). The lowest BCUT2D eigenvalue weighted by molar-refractivity contribution is 0.103. The quantitative estimate of drug-likeness (QED) is 0.542. The summed E-state index contributed by atoms with van der Waals surface area (Å²) in [5.41, 5.74) is 2.91. The minimum Gasteiger partial charge on any atom is -0.289 e. The molecule has 21 heavy (non-hydrogen) atoms. The Morgan fingerprint density at radius 1 is 1.05 bits per heavy atom. The van der Waals surface area contributed by atoms with Gasteiger partial charge in [0.15, 0.2) is 5.78 Å². The van der Waals surface area contributed by atoms with E-state index in [2.05, 4.69) is 36.8 Å². The fourth-order valence-corrected chi connectivity index (χ4v) is 3.59. The van der Waals surface area contributed by atoms with Crippen LogP contribution in [0, 0.1) is 6.92 Å². The molecule has 2 nitrogen and oxygen atoms in total. The molecule has 104 valence electrons. The van der Waals surface area contributed by atoms with E-state index in [9.17, 15) is 4.79 Å². The first-order valence-electron chi connectivity index (χ1n) is 6.42. The molecule has 0 spiro atoms. The van der Waals surface area contributed by atoms with Crippen molar-refractivity contribution in [2.45, 2.75) is 6.92 Å². The van der Waals surface area contributed by atoms with Crippen LogP contribution in [0.3, 0.4) is 0 Å². The predicted molar refractivity (Wildman–Crippen MR) is 91.8 cm³/mol. The lowest BCUT2D eigenvalue weighted by Crippen LogP contribution is -2.05. The Morgan fingerprint density at radius 3 is 2.48 bits per heavy atom. The molecule has 0 saturated heterocycles. The largest absolute Gasteiger partial charge is 0.289 e. The number of aromatic nitrogens is 1. The van der Waals surface area contributed by atoms with Gasteiger partial charge in [-0.3, -0.25) is 9.78 Å². The minimum absolute atomic E-state index is 0.00248. The Labute approximate surface area is 139 Å². The average molecular weight is 405 g/mol. The van der Waals surface area contributed by atoms with Crippen molar-refractivity contribution >= 4 is 48.5 Å². The lowest BCUT2D eigenvalue weighted by Gasteiger charge is -2.08. The van der Waals surface area contributed by atoms with Crippen LogP contribution < -0.4 is 0 Å². The van der Waals surface area contributed by atoms with Crippen LogP contribution in [0.15, 0.2) is 57.5 Å². The summed E-state index contributed by atoms with van der Waals surface area (Å²) in [5, 5.41) is 0.933. The van der Waals surface area contributed by atoms with Crippen molar-refractivity contribution in [1.29, 1.82) is 0 Å². The number of pyridine rings is 1. The van der Waals surface area contributed by atoms with E-state index in [0.29, 0.717) is 11.1 Å². The zero-order chi connectivity index (χ0) is 15.0. The number of hydrogen-bond acceptors (Lipinski definition) is 2. The zero-order valence-electron chi connectivity index (χ0n) is 11.2. The van der Waals surface area contributed by atoms with Gasteiger partial charge in [0, 0.05) is 31.2 Å². The number of rotatable bonds is 2. The van der Waals surface area contributed by atoms with Gasteiger partial charge in [-0.1, -0.05) is 62.2 Å². The highest BCUT2D eigenvalue weighted by atomic mass is 79.9. The number of carbonyl (C=O) groups excluding carboxylic acids is 1. The molecule has 1 heterocycles. The van der Waals surface area contributed by atoms with Crippen LogP contribution >= 0.6 is 31.9 Å². The predicted octanol–water partition coefficient (Wildman–Crippen LogP) is 5.30. The number of nitrogens with zero attached hydrogens (tertiary/aromatic N) is 1. The number of halogens is 2. The first-order chi connectivity index (χ1) is 10.1. The normalized spacial score (nSPS) is 10.8. The van der Waals surface area contributed by atoms with E-state index in [1.807, 2.05) is 55.5 Å². The summed E-state index contributed by atoms with van der Waals surface area (Å²) >= 11 is 6.99. The Morgan fingerprint density at radius 2 is 1.76 bits per heavy atom. The topological polar surface area (TPSA) is 30.0 Å². The third-order valence-electron chi connectivity index (χ3n) is 3.32. The molecule has 0 bridgehead atoms. The summed E-state index contributed by atoms with van der Waals surface area (Å²) < 4.78 is 1.87. The van der Waals surface area contributed by atoms with Gasteiger partial charge in [-0.15, -0.1) is 0 Å². The van der Waals surface area contributed by atoms with Gasteiger partial charge in [0.25, 0.3) is 0 Å². The number of aryl methyl sites for hydroxylation is 1. The van der Waals surface area contributed by atoms with Gasteiger partial charge in [-0.2, -0.15) is 0 Å². The van der Waals surface area contributed by atoms with Crippen LogP contribution in [0.25, 0.3) is 10.9 Å².